The Morgan fingerprint density at radius 1 is 1.53 bits per heavy atom. The second-order valence-electron chi connectivity index (χ2n) is 5.11. The number of hydrogen-bond acceptors (Lipinski definition) is 4. The van der Waals surface area contributed by atoms with Crippen molar-refractivity contribution in [1.29, 1.82) is 0 Å². The van der Waals surface area contributed by atoms with E-state index in [0.717, 1.165) is 25.0 Å². The number of H-pyrrole nitrogens is 2. The highest BCUT2D eigenvalue weighted by Crippen LogP contribution is 2.31. The normalized spacial score (nSPS) is 21.6. The molecule has 19 heavy (non-hydrogen) atoms. The Balaban J connectivity index is 2.02. The van der Waals surface area contributed by atoms with Crippen molar-refractivity contribution in [2.24, 2.45) is 0 Å². The number of nitrogens with zero attached hydrogens (tertiary/aromatic N) is 1. The van der Waals surface area contributed by atoms with E-state index in [2.05, 4.69) is 21.9 Å². The number of hydrogen-bond donors (Lipinski definition) is 3. The first-order chi connectivity index (χ1) is 9.16. The molecule has 2 aromatic heterocycles. The van der Waals surface area contributed by atoms with Crippen LogP contribution >= 0.6 is 0 Å². The first kappa shape index (κ1) is 12.2. The molecule has 0 saturated carbocycles. The highest BCUT2D eigenvalue weighted by Gasteiger charge is 2.25. The molecule has 4 N–H and O–H groups in total. The van der Waals surface area contributed by atoms with Gasteiger partial charge in [-0.15, -0.1) is 0 Å². The molecule has 0 aromatic carbocycles. The van der Waals surface area contributed by atoms with Gasteiger partial charge < -0.3 is 15.5 Å². The summed E-state index contributed by atoms with van der Waals surface area (Å²) in [6, 6.07) is 0. The molecule has 2 aromatic rings. The lowest BCUT2D eigenvalue weighted by molar-refractivity contribution is 0.00262. The van der Waals surface area contributed by atoms with Crippen molar-refractivity contribution in [2.45, 2.75) is 38.2 Å². The number of nitrogen functional groups attached to an aromatic ring is 1. The molecule has 0 radical (unpaired) electrons. The quantitative estimate of drug-likeness (QED) is 0.764. The summed E-state index contributed by atoms with van der Waals surface area (Å²) in [6.45, 7) is 2.92. The number of aromatic nitrogens is 3. The lowest BCUT2D eigenvalue weighted by atomic mass is 9.92. The molecule has 6 nitrogen and oxygen atoms in total. The van der Waals surface area contributed by atoms with Crippen LogP contribution in [0.3, 0.4) is 0 Å². The van der Waals surface area contributed by atoms with Crippen LogP contribution in [0.2, 0.25) is 0 Å². The third kappa shape index (κ3) is 2.12. The summed E-state index contributed by atoms with van der Waals surface area (Å²) in [6.07, 6.45) is 5.40. The van der Waals surface area contributed by atoms with Gasteiger partial charge >= 0.3 is 0 Å². The van der Waals surface area contributed by atoms with Crippen LogP contribution in [0.5, 0.6) is 0 Å². The highest BCUT2D eigenvalue weighted by molar-refractivity contribution is 5.79. The van der Waals surface area contributed by atoms with Gasteiger partial charge in [0.1, 0.15) is 11.0 Å². The van der Waals surface area contributed by atoms with E-state index in [0.29, 0.717) is 11.0 Å². The molecule has 102 valence electrons. The summed E-state index contributed by atoms with van der Waals surface area (Å²) in [4.78, 5) is 21.5. The molecule has 3 heterocycles. The topological polar surface area (TPSA) is 96.8 Å². The maximum absolute atomic E-state index is 11.8. The Kier molecular flexibility index (Phi) is 3.02. The summed E-state index contributed by atoms with van der Waals surface area (Å²) in [5.41, 5.74) is 7.52. The molecule has 0 amide bonds. The second kappa shape index (κ2) is 4.70. The van der Waals surface area contributed by atoms with E-state index < -0.39 is 0 Å². The van der Waals surface area contributed by atoms with E-state index in [9.17, 15) is 4.79 Å². The van der Waals surface area contributed by atoms with Crippen LogP contribution in [-0.4, -0.2) is 27.7 Å². The van der Waals surface area contributed by atoms with Gasteiger partial charge in [0.2, 0.25) is 5.95 Å². The van der Waals surface area contributed by atoms with Gasteiger partial charge in [0.15, 0.2) is 0 Å². The van der Waals surface area contributed by atoms with Crippen molar-refractivity contribution in [1.82, 2.24) is 15.0 Å². The summed E-state index contributed by atoms with van der Waals surface area (Å²) in [5, 5.41) is 0. The number of aromatic amines is 2. The molecule has 0 aliphatic carbocycles. The minimum absolute atomic E-state index is 0.148. The molecule has 2 unspecified atom stereocenters. The van der Waals surface area contributed by atoms with Gasteiger partial charge in [-0.2, -0.15) is 0 Å². The van der Waals surface area contributed by atoms with Crippen LogP contribution in [0.25, 0.3) is 11.0 Å². The number of anilines is 1. The largest absolute Gasteiger partial charge is 0.378 e. The third-order valence-corrected chi connectivity index (χ3v) is 3.85. The predicted molar refractivity (Wildman–Crippen MR) is 73.1 cm³/mol. The first-order valence-corrected chi connectivity index (χ1v) is 6.65. The summed E-state index contributed by atoms with van der Waals surface area (Å²) < 4.78 is 5.81. The van der Waals surface area contributed by atoms with Crippen molar-refractivity contribution >= 4 is 17.0 Å². The van der Waals surface area contributed by atoms with Crippen LogP contribution in [0.1, 0.15) is 37.7 Å². The molecular formula is C13H18N4O2. The maximum Gasteiger partial charge on any atom is 0.276 e. The summed E-state index contributed by atoms with van der Waals surface area (Å²) in [7, 11) is 0. The average Bonchev–Trinajstić information content (AvgIpc) is 2.83. The van der Waals surface area contributed by atoms with Crippen LogP contribution in [0, 0.1) is 0 Å². The van der Waals surface area contributed by atoms with Crippen molar-refractivity contribution in [2.75, 3.05) is 12.3 Å². The Bertz CT molecular complexity index is 640. The Labute approximate surface area is 110 Å². The lowest BCUT2D eigenvalue weighted by Crippen LogP contribution is -2.24. The number of nitrogens with two attached hydrogens (primary N) is 1. The minimum atomic E-state index is -0.231. The number of nitrogens with one attached hydrogen (secondary N) is 2. The van der Waals surface area contributed by atoms with Crippen LogP contribution in [0.4, 0.5) is 5.95 Å². The zero-order valence-electron chi connectivity index (χ0n) is 10.9. The first-order valence-electron chi connectivity index (χ1n) is 6.65. The predicted octanol–water partition coefficient (Wildman–Crippen LogP) is 1.51. The summed E-state index contributed by atoms with van der Waals surface area (Å²) >= 11 is 0. The number of fused-ring (bicyclic) bond motifs is 1. The Hall–Kier alpha value is -1.82. The standard InChI is InChI=1S/C13H18N4O2/c1-7(9-4-2-3-5-19-9)8-6-15-11-10(8)16-13(14)17-12(11)18/h6-7,9,15H,2-5H2,1H3,(H3,14,16,17,18). The fourth-order valence-corrected chi connectivity index (χ4v) is 2.76. The fraction of sp³-hybridized carbons (Fsp3) is 0.538. The molecule has 2 atom stereocenters. The average molecular weight is 262 g/mol. The van der Waals surface area contributed by atoms with Crippen LogP contribution < -0.4 is 11.3 Å². The maximum atomic E-state index is 11.8. The zero-order valence-corrected chi connectivity index (χ0v) is 10.9. The Morgan fingerprint density at radius 3 is 3.11 bits per heavy atom. The number of rotatable bonds is 2. The van der Waals surface area contributed by atoms with Crippen molar-refractivity contribution in [3.8, 4) is 0 Å². The smallest absolute Gasteiger partial charge is 0.276 e. The van der Waals surface area contributed by atoms with Gasteiger partial charge in [0, 0.05) is 24.3 Å². The van der Waals surface area contributed by atoms with Crippen molar-refractivity contribution in [3.05, 3.63) is 22.1 Å². The molecule has 1 saturated heterocycles. The second-order valence-corrected chi connectivity index (χ2v) is 5.11. The molecule has 0 bridgehead atoms. The minimum Gasteiger partial charge on any atom is -0.378 e. The molecular weight excluding hydrogens is 244 g/mol. The Morgan fingerprint density at radius 2 is 2.37 bits per heavy atom. The van der Waals surface area contributed by atoms with Gasteiger partial charge in [-0.05, 0) is 19.3 Å². The zero-order chi connectivity index (χ0) is 13.4. The molecule has 0 spiro atoms. The van der Waals surface area contributed by atoms with E-state index in [4.69, 9.17) is 10.5 Å². The van der Waals surface area contributed by atoms with E-state index in [1.165, 1.54) is 6.42 Å². The molecule has 1 aliphatic heterocycles. The van der Waals surface area contributed by atoms with Gasteiger partial charge in [-0.1, -0.05) is 6.92 Å². The van der Waals surface area contributed by atoms with Crippen molar-refractivity contribution < 1.29 is 4.74 Å². The fourth-order valence-electron chi connectivity index (χ4n) is 2.76. The summed E-state index contributed by atoms with van der Waals surface area (Å²) in [5.74, 6) is 0.345. The van der Waals surface area contributed by atoms with Gasteiger partial charge in [0.05, 0.1) is 6.10 Å². The molecule has 6 heteroatoms. The van der Waals surface area contributed by atoms with E-state index >= 15 is 0 Å². The van der Waals surface area contributed by atoms with Crippen molar-refractivity contribution in [3.63, 3.8) is 0 Å². The highest BCUT2D eigenvalue weighted by atomic mass is 16.5. The SMILES string of the molecule is CC(c1c[nH]c2c(=O)[nH]c(N)nc12)C1CCCCO1. The number of ether oxygens (including phenoxy) is 1. The van der Waals surface area contributed by atoms with Gasteiger partial charge in [-0.3, -0.25) is 9.78 Å². The molecule has 3 rings (SSSR count). The molecule has 1 aliphatic rings. The van der Waals surface area contributed by atoms with E-state index in [1.54, 1.807) is 0 Å². The lowest BCUT2D eigenvalue weighted by Gasteiger charge is -2.27. The van der Waals surface area contributed by atoms with Crippen LogP contribution in [-0.2, 0) is 4.74 Å². The monoisotopic (exact) mass is 262 g/mol. The van der Waals surface area contributed by atoms with Crippen LogP contribution in [0.15, 0.2) is 11.0 Å². The van der Waals surface area contributed by atoms with E-state index in [-0.39, 0.29) is 23.5 Å². The van der Waals surface area contributed by atoms with Gasteiger partial charge in [-0.25, -0.2) is 4.98 Å². The van der Waals surface area contributed by atoms with Gasteiger partial charge in [0.25, 0.3) is 5.56 Å². The van der Waals surface area contributed by atoms with E-state index in [1.807, 2.05) is 6.20 Å². The molecule has 1 fully saturated rings. The third-order valence-electron chi connectivity index (χ3n) is 3.85.